The third-order valence-corrected chi connectivity index (χ3v) is 5.21. The van der Waals surface area contributed by atoms with Gasteiger partial charge in [0.2, 0.25) is 11.8 Å². The molecule has 1 heterocycles. The molecular weight excluding hydrogens is 406 g/mol. The molecule has 1 fully saturated rings. The van der Waals surface area contributed by atoms with Gasteiger partial charge in [-0.2, -0.15) is 0 Å². The molecular formula is C25H31N3O4. The molecule has 0 aromatic heterocycles. The summed E-state index contributed by atoms with van der Waals surface area (Å²) in [5.74, 6) is -0.0639. The van der Waals surface area contributed by atoms with Gasteiger partial charge in [0.05, 0.1) is 6.54 Å². The molecule has 0 bridgehead atoms. The van der Waals surface area contributed by atoms with Crippen LogP contribution in [0.4, 0.5) is 10.5 Å². The molecule has 0 radical (unpaired) electrons. The minimum Gasteiger partial charge on any atom is -0.438 e. The molecule has 7 heteroatoms. The van der Waals surface area contributed by atoms with Crippen LogP contribution in [0.2, 0.25) is 0 Å². The van der Waals surface area contributed by atoms with Crippen molar-refractivity contribution in [3.05, 3.63) is 65.7 Å². The van der Waals surface area contributed by atoms with Gasteiger partial charge in [-0.1, -0.05) is 63.2 Å². The molecule has 1 aliphatic rings. The second-order valence-corrected chi connectivity index (χ2v) is 8.43. The molecule has 2 aromatic carbocycles. The Bertz CT molecular complexity index is 945. The third kappa shape index (κ3) is 5.87. The number of ether oxygens (including phenoxy) is 1. The van der Waals surface area contributed by atoms with Crippen LogP contribution in [0.15, 0.2) is 54.6 Å². The maximum absolute atomic E-state index is 13.2. The molecule has 1 saturated heterocycles. The summed E-state index contributed by atoms with van der Waals surface area (Å²) in [5.41, 5.74) is 2.18. The van der Waals surface area contributed by atoms with Gasteiger partial charge in [0.15, 0.2) is 12.1 Å². The summed E-state index contributed by atoms with van der Waals surface area (Å²) >= 11 is 0. The van der Waals surface area contributed by atoms with Crippen molar-refractivity contribution >= 4 is 23.6 Å². The summed E-state index contributed by atoms with van der Waals surface area (Å²) in [4.78, 5) is 39.5. The highest BCUT2D eigenvalue weighted by molar-refractivity contribution is 5.91. The van der Waals surface area contributed by atoms with Gasteiger partial charge < -0.3 is 15.4 Å². The average Bonchev–Trinajstić information content (AvgIpc) is 3.09. The van der Waals surface area contributed by atoms with E-state index in [2.05, 4.69) is 10.6 Å². The molecule has 0 spiro atoms. The van der Waals surface area contributed by atoms with E-state index in [1.54, 1.807) is 18.2 Å². The number of rotatable bonds is 9. The molecule has 170 valence electrons. The molecule has 0 saturated carbocycles. The molecule has 2 atom stereocenters. The van der Waals surface area contributed by atoms with Crippen LogP contribution in [-0.2, 0) is 20.9 Å². The third-order valence-electron chi connectivity index (χ3n) is 5.21. The fourth-order valence-corrected chi connectivity index (χ4v) is 3.64. The first-order valence-electron chi connectivity index (χ1n) is 11.1. The lowest BCUT2D eigenvalue weighted by atomic mass is 10.00. The summed E-state index contributed by atoms with van der Waals surface area (Å²) in [6, 6.07) is 15.8. The van der Waals surface area contributed by atoms with E-state index in [0.717, 1.165) is 12.0 Å². The second-order valence-electron chi connectivity index (χ2n) is 8.43. The monoisotopic (exact) mass is 437 g/mol. The van der Waals surface area contributed by atoms with Gasteiger partial charge in [0, 0.05) is 18.7 Å². The van der Waals surface area contributed by atoms with Crippen molar-refractivity contribution in [2.75, 3.05) is 11.9 Å². The van der Waals surface area contributed by atoms with Crippen molar-refractivity contribution in [1.29, 1.82) is 0 Å². The number of nitrogens with one attached hydrogen (secondary N) is 2. The summed E-state index contributed by atoms with van der Waals surface area (Å²) in [6.45, 7) is 6.73. The Hall–Kier alpha value is -3.35. The Morgan fingerprint density at radius 3 is 2.53 bits per heavy atom. The number of benzene rings is 2. The predicted octanol–water partition coefficient (Wildman–Crippen LogP) is 4.26. The molecule has 3 rings (SSSR count). The molecule has 1 aliphatic heterocycles. The van der Waals surface area contributed by atoms with E-state index in [4.69, 9.17) is 4.74 Å². The first-order chi connectivity index (χ1) is 15.4. The highest BCUT2D eigenvalue weighted by atomic mass is 16.6. The summed E-state index contributed by atoms with van der Waals surface area (Å²) in [5, 5.41) is 5.80. The Morgan fingerprint density at radius 1 is 1.09 bits per heavy atom. The van der Waals surface area contributed by atoms with Crippen LogP contribution in [0.1, 0.15) is 50.8 Å². The van der Waals surface area contributed by atoms with Gasteiger partial charge >= 0.3 is 6.09 Å². The molecule has 2 N–H and O–H groups in total. The van der Waals surface area contributed by atoms with Gasteiger partial charge in [-0.25, -0.2) is 4.79 Å². The van der Waals surface area contributed by atoms with Crippen LogP contribution >= 0.6 is 0 Å². The first kappa shape index (κ1) is 23.3. The van der Waals surface area contributed by atoms with Gasteiger partial charge in [-0.05, 0) is 35.6 Å². The fourth-order valence-electron chi connectivity index (χ4n) is 3.64. The van der Waals surface area contributed by atoms with E-state index < -0.39 is 18.2 Å². The average molecular weight is 438 g/mol. The number of hydrogen-bond donors (Lipinski definition) is 2. The highest BCUT2D eigenvalue weighted by Crippen LogP contribution is 2.35. The fraction of sp³-hybridized carbons (Fsp3) is 0.400. The number of hydrogen-bond acceptors (Lipinski definition) is 4. The van der Waals surface area contributed by atoms with Crippen LogP contribution < -0.4 is 10.6 Å². The van der Waals surface area contributed by atoms with Crippen molar-refractivity contribution in [3.8, 4) is 0 Å². The van der Waals surface area contributed by atoms with Crippen LogP contribution in [0.25, 0.3) is 0 Å². The lowest BCUT2D eigenvalue weighted by Gasteiger charge is -2.25. The zero-order chi connectivity index (χ0) is 23.1. The van der Waals surface area contributed by atoms with Crippen LogP contribution in [-0.4, -0.2) is 35.4 Å². The highest BCUT2D eigenvalue weighted by Gasteiger charge is 2.47. The second kappa shape index (κ2) is 10.8. The summed E-state index contributed by atoms with van der Waals surface area (Å²) in [7, 11) is 0. The molecule has 0 aliphatic carbocycles. The lowest BCUT2D eigenvalue weighted by Crippen LogP contribution is -2.47. The van der Waals surface area contributed by atoms with Crippen molar-refractivity contribution < 1.29 is 19.1 Å². The van der Waals surface area contributed by atoms with Gasteiger partial charge in [-0.3, -0.25) is 14.5 Å². The van der Waals surface area contributed by atoms with Crippen molar-refractivity contribution in [3.63, 3.8) is 0 Å². The standard InChI is InChI=1S/C25H31N3O4/c1-4-9-21(29)27-20-13-8-12-19(14-20)23-22(24(30)26-15-17(2)3)28(25(31)32-23)16-18-10-6-5-7-11-18/h5-8,10-14,17,22-23H,4,9,15-16H2,1-3H3,(H,26,30)(H,27,29). The van der Waals surface area contributed by atoms with E-state index in [1.165, 1.54) is 4.90 Å². The number of carbonyl (C=O) groups is 3. The Kier molecular flexibility index (Phi) is 7.87. The summed E-state index contributed by atoms with van der Waals surface area (Å²) in [6.07, 6.45) is -0.142. The Labute approximate surface area is 189 Å². The Morgan fingerprint density at radius 2 is 1.84 bits per heavy atom. The first-order valence-corrected chi connectivity index (χ1v) is 11.1. The topological polar surface area (TPSA) is 87.7 Å². The lowest BCUT2D eigenvalue weighted by molar-refractivity contribution is -0.126. The number of cyclic esters (lactones) is 1. The van der Waals surface area contributed by atoms with E-state index in [0.29, 0.717) is 24.2 Å². The van der Waals surface area contributed by atoms with Gasteiger partial charge in [0.25, 0.3) is 0 Å². The van der Waals surface area contributed by atoms with Crippen LogP contribution in [0.3, 0.4) is 0 Å². The van der Waals surface area contributed by atoms with Crippen molar-refractivity contribution in [2.24, 2.45) is 5.92 Å². The largest absolute Gasteiger partial charge is 0.438 e. The molecule has 32 heavy (non-hydrogen) atoms. The summed E-state index contributed by atoms with van der Waals surface area (Å²) < 4.78 is 5.69. The molecule has 2 unspecified atom stereocenters. The SMILES string of the molecule is CCCC(=O)Nc1cccc(C2OC(=O)N(Cc3ccccc3)C2C(=O)NCC(C)C)c1. The van der Waals surface area contributed by atoms with E-state index in [9.17, 15) is 14.4 Å². The minimum atomic E-state index is -0.817. The number of amides is 3. The zero-order valence-electron chi connectivity index (χ0n) is 18.8. The van der Waals surface area contributed by atoms with Gasteiger partial charge in [0.1, 0.15) is 0 Å². The van der Waals surface area contributed by atoms with E-state index in [1.807, 2.05) is 57.2 Å². The number of carbonyl (C=O) groups excluding carboxylic acids is 3. The zero-order valence-corrected chi connectivity index (χ0v) is 18.8. The van der Waals surface area contributed by atoms with E-state index in [-0.39, 0.29) is 24.3 Å². The minimum absolute atomic E-state index is 0.0787. The van der Waals surface area contributed by atoms with Crippen LogP contribution in [0, 0.1) is 5.92 Å². The maximum Gasteiger partial charge on any atom is 0.411 e. The molecule has 2 aromatic rings. The van der Waals surface area contributed by atoms with Crippen LogP contribution in [0.5, 0.6) is 0 Å². The molecule has 3 amide bonds. The maximum atomic E-state index is 13.2. The molecule has 7 nitrogen and oxygen atoms in total. The van der Waals surface area contributed by atoms with Crippen molar-refractivity contribution in [1.82, 2.24) is 10.2 Å². The number of anilines is 1. The van der Waals surface area contributed by atoms with E-state index >= 15 is 0 Å². The normalized spacial score (nSPS) is 17.9. The smallest absolute Gasteiger partial charge is 0.411 e. The van der Waals surface area contributed by atoms with Gasteiger partial charge in [-0.15, -0.1) is 0 Å². The Balaban J connectivity index is 1.88. The quantitative estimate of drug-likeness (QED) is 0.614. The predicted molar refractivity (Wildman–Crippen MR) is 123 cm³/mol. The van der Waals surface area contributed by atoms with Crippen molar-refractivity contribution in [2.45, 2.75) is 52.3 Å². The number of nitrogens with zero attached hydrogens (tertiary/aromatic N) is 1.